The fourth-order valence-electron chi connectivity index (χ4n) is 2.66. The monoisotopic (exact) mass is 329 g/mol. The molecule has 0 spiro atoms. The second-order valence-electron chi connectivity index (χ2n) is 5.54. The predicted molar refractivity (Wildman–Crippen MR) is 93.1 cm³/mol. The summed E-state index contributed by atoms with van der Waals surface area (Å²) in [6, 6.07) is 20.7. The van der Waals surface area contributed by atoms with Crippen LogP contribution in [-0.2, 0) is 4.74 Å². The van der Waals surface area contributed by atoms with Gasteiger partial charge in [-0.15, -0.1) is 0 Å². The van der Waals surface area contributed by atoms with E-state index in [1.54, 1.807) is 16.8 Å². The van der Waals surface area contributed by atoms with Gasteiger partial charge in [0.25, 0.3) is 0 Å². The van der Waals surface area contributed by atoms with Crippen LogP contribution in [0.1, 0.15) is 27.8 Å². The van der Waals surface area contributed by atoms with Gasteiger partial charge in [-0.1, -0.05) is 42.5 Å². The van der Waals surface area contributed by atoms with Crippen molar-refractivity contribution < 1.29 is 9.53 Å². The molecule has 0 bridgehead atoms. The Balaban J connectivity index is 1.67. The third-order valence-corrected chi connectivity index (χ3v) is 3.86. The van der Waals surface area contributed by atoms with Crippen LogP contribution in [0.2, 0.25) is 0 Å². The minimum Gasteiger partial charge on any atom is -0.446 e. The molecule has 1 atom stereocenters. The highest BCUT2D eigenvalue weighted by molar-refractivity contribution is 5.88. The number of carbonyl (C=O) groups is 1. The number of benzene rings is 1. The van der Waals surface area contributed by atoms with Crippen molar-refractivity contribution in [2.24, 2.45) is 0 Å². The van der Waals surface area contributed by atoms with Crippen LogP contribution >= 0.6 is 0 Å². The minimum atomic E-state index is -0.584. The van der Waals surface area contributed by atoms with Crippen molar-refractivity contribution in [2.75, 3.05) is 0 Å². The molecule has 3 heterocycles. The average molecular weight is 329 g/mol. The quantitative estimate of drug-likeness (QED) is 0.536. The van der Waals surface area contributed by atoms with Crippen LogP contribution in [0, 0.1) is 0 Å². The van der Waals surface area contributed by atoms with Crippen LogP contribution in [0.15, 0.2) is 85.3 Å². The number of hydrogen-bond acceptors (Lipinski definition) is 4. The Morgan fingerprint density at radius 3 is 2.52 bits per heavy atom. The lowest BCUT2D eigenvalue weighted by atomic mass is 10.1. The van der Waals surface area contributed by atoms with Crippen LogP contribution in [0.5, 0.6) is 0 Å². The van der Waals surface area contributed by atoms with Gasteiger partial charge in [-0.05, 0) is 29.8 Å². The number of aromatic nitrogens is 3. The lowest BCUT2D eigenvalue weighted by Gasteiger charge is -2.17. The molecular formula is C20H15N3O2. The van der Waals surface area contributed by atoms with E-state index in [0.29, 0.717) is 11.3 Å². The molecule has 0 saturated carbocycles. The van der Waals surface area contributed by atoms with Gasteiger partial charge in [0.2, 0.25) is 0 Å². The molecule has 0 N–H and O–H groups in total. The summed E-state index contributed by atoms with van der Waals surface area (Å²) in [5.74, 6) is -0.483. The molecule has 4 rings (SSSR count). The second-order valence-corrected chi connectivity index (χ2v) is 5.54. The van der Waals surface area contributed by atoms with Crippen molar-refractivity contribution in [3.8, 4) is 0 Å². The number of rotatable bonds is 4. The van der Waals surface area contributed by atoms with Crippen molar-refractivity contribution in [3.63, 3.8) is 0 Å². The lowest BCUT2D eigenvalue weighted by molar-refractivity contribution is 0.0364. The highest BCUT2D eigenvalue weighted by Crippen LogP contribution is 2.25. The average Bonchev–Trinajstić information content (AvgIpc) is 3.12. The van der Waals surface area contributed by atoms with E-state index in [-0.39, 0.29) is 5.69 Å². The third-order valence-electron chi connectivity index (χ3n) is 3.86. The summed E-state index contributed by atoms with van der Waals surface area (Å²) in [5, 5.41) is 0. The fraction of sp³-hybridized carbons (Fsp3) is 0.0500. The molecule has 0 saturated heterocycles. The van der Waals surface area contributed by atoms with E-state index in [1.807, 2.05) is 72.9 Å². The molecule has 0 amide bonds. The van der Waals surface area contributed by atoms with Gasteiger partial charge in [0.15, 0.2) is 11.8 Å². The molecule has 3 aromatic heterocycles. The van der Waals surface area contributed by atoms with Crippen molar-refractivity contribution in [1.82, 2.24) is 14.4 Å². The molecule has 1 unspecified atom stereocenters. The standard InChI is InChI=1S/C20H15N3O2/c24-20(17-14-23-13-7-5-11-18(23)22-17)25-19(15-8-2-1-3-9-15)16-10-4-6-12-21-16/h1-14,19H. The molecule has 25 heavy (non-hydrogen) atoms. The van der Waals surface area contributed by atoms with Gasteiger partial charge in [0.05, 0.1) is 5.69 Å². The number of ether oxygens (including phenoxy) is 1. The summed E-state index contributed by atoms with van der Waals surface area (Å²) in [6.07, 6.45) is 4.61. The third kappa shape index (κ3) is 3.12. The summed E-state index contributed by atoms with van der Waals surface area (Å²) >= 11 is 0. The highest BCUT2D eigenvalue weighted by atomic mass is 16.5. The SMILES string of the molecule is O=C(OC(c1ccccc1)c1ccccn1)c1cn2ccccc2n1. The summed E-state index contributed by atoms with van der Waals surface area (Å²) < 4.78 is 7.55. The first kappa shape index (κ1) is 15.1. The summed E-state index contributed by atoms with van der Waals surface area (Å²) in [7, 11) is 0. The molecule has 5 heteroatoms. The molecule has 4 aromatic rings. The molecule has 0 fully saturated rings. The molecular weight excluding hydrogens is 314 g/mol. The Labute approximate surface area is 144 Å². The van der Waals surface area contributed by atoms with Crippen LogP contribution < -0.4 is 0 Å². The van der Waals surface area contributed by atoms with Gasteiger partial charge in [0, 0.05) is 18.6 Å². The molecule has 0 radical (unpaired) electrons. The maximum Gasteiger partial charge on any atom is 0.359 e. The molecule has 0 aliphatic heterocycles. The number of fused-ring (bicyclic) bond motifs is 1. The molecule has 1 aromatic carbocycles. The Hall–Kier alpha value is -3.47. The Bertz CT molecular complexity index is 925. The van der Waals surface area contributed by atoms with Crippen LogP contribution in [0.3, 0.4) is 0 Å². The smallest absolute Gasteiger partial charge is 0.359 e. The number of nitrogens with zero attached hydrogens (tertiary/aromatic N) is 3. The van der Waals surface area contributed by atoms with E-state index < -0.39 is 12.1 Å². The largest absolute Gasteiger partial charge is 0.446 e. The highest BCUT2D eigenvalue weighted by Gasteiger charge is 2.22. The molecule has 122 valence electrons. The Kier molecular flexibility index (Phi) is 3.96. The van der Waals surface area contributed by atoms with Crippen LogP contribution in [0.25, 0.3) is 5.65 Å². The number of hydrogen-bond donors (Lipinski definition) is 0. The van der Waals surface area contributed by atoms with Gasteiger partial charge in [0.1, 0.15) is 5.65 Å². The Morgan fingerprint density at radius 2 is 1.76 bits per heavy atom. The van der Waals surface area contributed by atoms with Gasteiger partial charge in [-0.25, -0.2) is 9.78 Å². The van der Waals surface area contributed by atoms with E-state index >= 15 is 0 Å². The van der Waals surface area contributed by atoms with E-state index in [4.69, 9.17) is 4.74 Å². The zero-order valence-corrected chi connectivity index (χ0v) is 13.3. The zero-order valence-electron chi connectivity index (χ0n) is 13.3. The first-order valence-electron chi connectivity index (χ1n) is 7.92. The molecule has 5 nitrogen and oxygen atoms in total. The number of imidazole rings is 1. The molecule has 0 aliphatic carbocycles. The molecule has 0 aliphatic rings. The number of carbonyl (C=O) groups excluding carboxylic acids is 1. The van der Waals surface area contributed by atoms with Crippen molar-refractivity contribution in [3.05, 3.63) is 102 Å². The van der Waals surface area contributed by atoms with Gasteiger partial charge in [-0.3, -0.25) is 4.98 Å². The summed E-state index contributed by atoms with van der Waals surface area (Å²) in [4.78, 5) is 21.3. The van der Waals surface area contributed by atoms with E-state index in [0.717, 1.165) is 5.56 Å². The van der Waals surface area contributed by atoms with Gasteiger partial charge in [-0.2, -0.15) is 0 Å². The summed E-state index contributed by atoms with van der Waals surface area (Å²) in [6.45, 7) is 0. The number of esters is 1. The van der Waals surface area contributed by atoms with Crippen LogP contribution in [-0.4, -0.2) is 20.3 Å². The van der Waals surface area contributed by atoms with E-state index in [2.05, 4.69) is 9.97 Å². The van der Waals surface area contributed by atoms with Crippen molar-refractivity contribution >= 4 is 11.6 Å². The Morgan fingerprint density at radius 1 is 0.960 bits per heavy atom. The lowest BCUT2D eigenvalue weighted by Crippen LogP contribution is -2.14. The van der Waals surface area contributed by atoms with E-state index in [1.165, 1.54) is 0 Å². The minimum absolute atomic E-state index is 0.267. The van der Waals surface area contributed by atoms with Gasteiger partial charge >= 0.3 is 5.97 Å². The number of pyridine rings is 2. The van der Waals surface area contributed by atoms with Crippen LogP contribution in [0.4, 0.5) is 0 Å². The van der Waals surface area contributed by atoms with Crippen molar-refractivity contribution in [1.29, 1.82) is 0 Å². The topological polar surface area (TPSA) is 56.5 Å². The van der Waals surface area contributed by atoms with E-state index in [9.17, 15) is 4.79 Å². The van der Waals surface area contributed by atoms with Gasteiger partial charge < -0.3 is 9.14 Å². The normalized spacial score (nSPS) is 12.0. The second kappa shape index (κ2) is 6.57. The zero-order chi connectivity index (χ0) is 17.1. The maximum absolute atomic E-state index is 12.6. The summed E-state index contributed by atoms with van der Waals surface area (Å²) in [5.41, 5.74) is 2.50. The first-order chi connectivity index (χ1) is 12.3. The van der Waals surface area contributed by atoms with Crippen molar-refractivity contribution in [2.45, 2.75) is 6.10 Å². The predicted octanol–water partition coefficient (Wildman–Crippen LogP) is 3.68. The first-order valence-corrected chi connectivity index (χ1v) is 7.92. The maximum atomic E-state index is 12.6. The fourth-order valence-corrected chi connectivity index (χ4v) is 2.66.